The van der Waals surface area contributed by atoms with Gasteiger partial charge >= 0.3 is 0 Å². The highest BCUT2D eigenvalue weighted by Gasteiger charge is 2.03. The minimum absolute atomic E-state index is 0.281. The third kappa shape index (κ3) is 8.22. The molecule has 3 nitrogen and oxygen atoms in total. The van der Waals surface area contributed by atoms with Gasteiger partial charge in [-0.2, -0.15) is 0 Å². The Hall–Kier alpha value is -0.120. The van der Waals surface area contributed by atoms with Crippen molar-refractivity contribution in [1.29, 1.82) is 0 Å². The average molecular weight is 190 g/mol. The molecule has 0 saturated carbocycles. The fourth-order valence-electron chi connectivity index (χ4n) is 0.920. The van der Waals surface area contributed by atoms with Crippen LogP contribution in [-0.2, 0) is 14.2 Å². The maximum Gasteiger partial charge on any atom is 0.0568 e. The number of hydrogen-bond donors (Lipinski definition) is 0. The average Bonchev–Trinajstić information content (AvgIpc) is 2.14. The van der Waals surface area contributed by atoms with E-state index in [0.717, 1.165) is 26.1 Å². The molecule has 0 heterocycles. The summed E-state index contributed by atoms with van der Waals surface area (Å²) in [5, 5.41) is 0. The molecule has 0 saturated heterocycles. The number of methoxy groups -OCH3 is 2. The maximum atomic E-state index is 5.56. The molecule has 0 N–H and O–H groups in total. The van der Waals surface area contributed by atoms with Gasteiger partial charge in [-0.15, -0.1) is 0 Å². The molecule has 13 heavy (non-hydrogen) atoms. The zero-order valence-electron chi connectivity index (χ0n) is 9.21. The van der Waals surface area contributed by atoms with Crippen molar-refractivity contribution in [2.75, 3.05) is 27.4 Å². The van der Waals surface area contributed by atoms with Crippen molar-refractivity contribution in [3.63, 3.8) is 0 Å². The molecule has 3 heteroatoms. The lowest BCUT2D eigenvalue weighted by Gasteiger charge is -2.14. The van der Waals surface area contributed by atoms with Gasteiger partial charge in [0.1, 0.15) is 0 Å². The van der Waals surface area contributed by atoms with E-state index in [1.807, 2.05) is 6.92 Å². The Bertz CT molecular complexity index is 106. The van der Waals surface area contributed by atoms with Gasteiger partial charge in [-0.1, -0.05) is 0 Å². The Morgan fingerprint density at radius 3 is 2.08 bits per heavy atom. The Morgan fingerprint density at radius 1 is 0.923 bits per heavy atom. The molecule has 0 aromatic heterocycles. The van der Waals surface area contributed by atoms with E-state index >= 15 is 0 Å². The molecule has 2 atom stereocenters. The summed E-state index contributed by atoms with van der Waals surface area (Å²) in [6, 6.07) is 0. The van der Waals surface area contributed by atoms with Gasteiger partial charge < -0.3 is 14.2 Å². The molecule has 0 aromatic rings. The summed E-state index contributed by atoms with van der Waals surface area (Å²) in [5.41, 5.74) is 0. The summed E-state index contributed by atoms with van der Waals surface area (Å²) in [6.07, 6.45) is 2.48. The highest BCUT2D eigenvalue weighted by molar-refractivity contribution is 4.52. The van der Waals surface area contributed by atoms with Crippen LogP contribution in [-0.4, -0.2) is 39.6 Å². The normalized spacial score (nSPS) is 15.7. The summed E-state index contributed by atoms with van der Waals surface area (Å²) in [5.74, 6) is 0. The molecule has 80 valence electrons. The largest absolute Gasteiger partial charge is 0.385 e. The Balaban J connectivity index is 3.21. The zero-order valence-corrected chi connectivity index (χ0v) is 9.21. The Morgan fingerprint density at radius 2 is 1.54 bits per heavy atom. The molecule has 0 rings (SSSR count). The van der Waals surface area contributed by atoms with Crippen molar-refractivity contribution in [2.45, 2.75) is 38.9 Å². The summed E-state index contributed by atoms with van der Waals surface area (Å²) in [4.78, 5) is 0. The maximum absolute atomic E-state index is 5.56. The van der Waals surface area contributed by atoms with E-state index in [2.05, 4.69) is 6.92 Å². The summed E-state index contributed by atoms with van der Waals surface area (Å²) in [7, 11) is 3.43. The predicted octanol–water partition coefficient (Wildman–Crippen LogP) is 1.85. The second-order valence-electron chi connectivity index (χ2n) is 3.30. The molecule has 2 unspecified atom stereocenters. The standard InChI is InChI=1S/C10H22O3/c1-9(12-4)6-8-13-10(2)5-7-11-3/h9-10H,5-8H2,1-4H3. The molecular formula is C10H22O3. The number of hydrogen-bond acceptors (Lipinski definition) is 3. The van der Waals surface area contributed by atoms with Gasteiger partial charge in [-0.25, -0.2) is 0 Å². The van der Waals surface area contributed by atoms with Crippen molar-refractivity contribution in [2.24, 2.45) is 0 Å². The van der Waals surface area contributed by atoms with E-state index in [1.54, 1.807) is 14.2 Å². The van der Waals surface area contributed by atoms with Crippen molar-refractivity contribution in [3.05, 3.63) is 0 Å². The lowest BCUT2D eigenvalue weighted by atomic mass is 10.3. The van der Waals surface area contributed by atoms with E-state index in [0.29, 0.717) is 0 Å². The SMILES string of the molecule is COCCC(C)OCCC(C)OC. The molecule has 0 amide bonds. The first kappa shape index (κ1) is 12.9. The van der Waals surface area contributed by atoms with E-state index in [9.17, 15) is 0 Å². The van der Waals surface area contributed by atoms with Crippen LogP contribution in [0.2, 0.25) is 0 Å². The van der Waals surface area contributed by atoms with Crippen LogP contribution in [0.15, 0.2) is 0 Å². The fraction of sp³-hybridized carbons (Fsp3) is 1.00. The van der Waals surface area contributed by atoms with Crippen LogP contribution in [0.1, 0.15) is 26.7 Å². The van der Waals surface area contributed by atoms with Gasteiger partial charge in [0.15, 0.2) is 0 Å². The first-order chi connectivity index (χ1) is 6.20. The quantitative estimate of drug-likeness (QED) is 0.584. The van der Waals surface area contributed by atoms with Crippen LogP contribution in [0.5, 0.6) is 0 Å². The number of rotatable bonds is 8. The second kappa shape index (κ2) is 8.48. The van der Waals surface area contributed by atoms with Crippen LogP contribution in [0.4, 0.5) is 0 Å². The highest BCUT2D eigenvalue weighted by Crippen LogP contribution is 2.01. The van der Waals surface area contributed by atoms with Gasteiger partial charge in [-0.3, -0.25) is 0 Å². The third-order valence-electron chi connectivity index (χ3n) is 2.06. The van der Waals surface area contributed by atoms with E-state index in [1.165, 1.54) is 0 Å². The molecule has 0 radical (unpaired) electrons. The fourth-order valence-corrected chi connectivity index (χ4v) is 0.920. The van der Waals surface area contributed by atoms with Crippen LogP contribution >= 0.6 is 0 Å². The van der Waals surface area contributed by atoms with Gasteiger partial charge in [0.05, 0.1) is 12.2 Å². The Labute approximate surface area is 81.4 Å². The van der Waals surface area contributed by atoms with Gasteiger partial charge in [0, 0.05) is 27.4 Å². The summed E-state index contributed by atoms with van der Waals surface area (Å²) < 4.78 is 15.6. The zero-order chi connectivity index (χ0) is 10.1. The molecule has 0 fully saturated rings. The van der Waals surface area contributed by atoms with Crippen LogP contribution < -0.4 is 0 Å². The highest BCUT2D eigenvalue weighted by atomic mass is 16.5. The van der Waals surface area contributed by atoms with Crippen molar-refractivity contribution >= 4 is 0 Å². The molecule has 0 spiro atoms. The molecular weight excluding hydrogens is 168 g/mol. The minimum atomic E-state index is 0.281. The van der Waals surface area contributed by atoms with Crippen molar-refractivity contribution < 1.29 is 14.2 Å². The second-order valence-corrected chi connectivity index (χ2v) is 3.30. The van der Waals surface area contributed by atoms with E-state index < -0.39 is 0 Å². The van der Waals surface area contributed by atoms with E-state index in [-0.39, 0.29) is 12.2 Å². The molecule has 0 aliphatic heterocycles. The lowest BCUT2D eigenvalue weighted by Crippen LogP contribution is -2.15. The van der Waals surface area contributed by atoms with E-state index in [4.69, 9.17) is 14.2 Å². The predicted molar refractivity (Wildman–Crippen MR) is 53.0 cm³/mol. The summed E-state index contributed by atoms with van der Waals surface area (Å²) >= 11 is 0. The van der Waals surface area contributed by atoms with Crippen LogP contribution in [0, 0.1) is 0 Å². The van der Waals surface area contributed by atoms with Crippen molar-refractivity contribution in [3.8, 4) is 0 Å². The summed E-state index contributed by atoms with van der Waals surface area (Å²) in [6.45, 7) is 5.64. The van der Waals surface area contributed by atoms with Gasteiger partial charge in [-0.05, 0) is 26.7 Å². The minimum Gasteiger partial charge on any atom is -0.385 e. The van der Waals surface area contributed by atoms with Crippen LogP contribution in [0.25, 0.3) is 0 Å². The Kier molecular flexibility index (Phi) is 8.40. The molecule has 0 aliphatic rings. The first-order valence-corrected chi connectivity index (χ1v) is 4.84. The molecule has 0 bridgehead atoms. The topological polar surface area (TPSA) is 27.7 Å². The first-order valence-electron chi connectivity index (χ1n) is 4.84. The molecule has 0 aliphatic carbocycles. The smallest absolute Gasteiger partial charge is 0.0568 e. The van der Waals surface area contributed by atoms with Gasteiger partial charge in [0.2, 0.25) is 0 Å². The third-order valence-corrected chi connectivity index (χ3v) is 2.06. The van der Waals surface area contributed by atoms with Crippen LogP contribution in [0.3, 0.4) is 0 Å². The molecule has 0 aromatic carbocycles. The van der Waals surface area contributed by atoms with Crippen molar-refractivity contribution in [1.82, 2.24) is 0 Å². The number of ether oxygens (including phenoxy) is 3. The van der Waals surface area contributed by atoms with Gasteiger partial charge in [0.25, 0.3) is 0 Å². The monoisotopic (exact) mass is 190 g/mol. The lowest BCUT2D eigenvalue weighted by molar-refractivity contribution is 0.0146.